The Bertz CT molecular complexity index is 1020. The molecule has 3 aromatic rings. The monoisotopic (exact) mass is 410 g/mol. The average Bonchev–Trinajstić information content (AvgIpc) is 3.36. The van der Waals surface area contributed by atoms with Crippen LogP contribution in [0.2, 0.25) is 0 Å². The van der Waals surface area contributed by atoms with Crippen LogP contribution in [-0.4, -0.2) is 22.3 Å². The Balaban J connectivity index is 1.43. The van der Waals surface area contributed by atoms with Crippen molar-refractivity contribution in [3.63, 3.8) is 0 Å². The van der Waals surface area contributed by atoms with Crippen LogP contribution in [0.5, 0.6) is 5.75 Å². The molecule has 2 aromatic heterocycles. The van der Waals surface area contributed by atoms with E-state index in [1.54, 1.807) is 10.8 Å². The first-order valence-corrected chi connectivity index (χ1v) is 11.1. The minimum atomic E-state index is -0.342. The molecule has 0 amide bonds. The molecule has 6 nitrogen and oxygen atoms in total. The van der Waals surface area contributed by atoms with Crippen molar-refractivity contribution < 1.29 is 13.9 Å². The van der Waals surface area contributed by atoms with E-state index in [9.17, 15) is 4.79 Å². The number of hydrogen-bond donors (Lipinski definition) is 0. The summed E-state index contributed by atoms with van der Waals surface area (Å²) in [6.07, 6.45) is 9.58. The molecule has 1 unspecified atom stereocenters. The molecule has 1 fully saturated rings. The molecule has 0 aliphatic carbocycles. The summed E-state index contributed by atoms with van der Waals surface area (Å²) < 4.78 is 19.1. The SMILES string of the molecule is CCCCCCCOc1ccc(-c2cc3cn([C@H]4CCC(C)O4)c(=O)nc3o2)cc1. The second-order valence-corrected chi connectivity index (χ2v) is 8.07. The van der Waals surface area contributed by atoms with Crippen molar-refractivity contribution >= 4 is 11.1 Å². The second-order valence-electron chi connectivity index (χ2n) is 8.07. The highest BCUT2D eigenvalue weighted by Crippen LogP contribution is 2.30. The van der Waals surface area contributed by atoms with Crippen LogP contribution in [0.3, 0.4) is 0 Å². The topological polar surface area (TPSA) is 66.5 Å². The van der Waals surface area contributed by atoms with Crippen LogP contribution in [0.25, 0.3) is 22.4 Å². The van der Waals surface area contributed by atoms with E-state index in [4.69, 9.17) is 13.9 Å². The molecule has 1 saturated heterocycles. The number of ether oxygens (including phenoxy) is 2. The van der Waals surface area contributed by atoms with E-state index in [0.717, 1.165) is 42.6 Å². The fourth-order valence-corrected chi connectivity index (χ4v) is 3.87. The molecule has 1 aromatic carbocycles. The van der Waals surface area contributed by atoms with Crippen LogP contribution in [-0.2, 0) is 4.74 Å². The van der Waals surface area contributed by atoms with Gasteiger partial charge in [-0.15, -0.1) is 0 Å². The summed E-state index contributed by atoms with van der Waals surface area (Å²) in [7, 11) is 0. The fraction of sp³-hybridized carbons (Fsp3) is 0.500. The Morgan fingerprint density at radius 2 is 1.93 bits per heavy atom. The molecule has 6 heteroatoms. The zero-order chi connectivity index (χ0) is 20.9. The smallest absolute Gasteiger partial charge is 0.353 e. The van der Waals surface area contributed by atoms with E-state index in [-0.39, 0.29) is 18.0 Å². The molecule has 0 radical (unpaired) electrons. The van der Waals surface area contributed by atoms with Crippen molar-refractivity contribution in [3.05, 3.63) is 47.0 Å². The highest BCUT2D eigenvalue weighted by atomic mass is 16.5. The van der Waals surface area contributed by atoms with Gasteiger partial charge in [-0.25, -0.2) is 4.79 Å². The third-order valence-corrected chi connectivity index (χ3v) is 5.61. The molecule has 1 aliphatic heterocycles. The molecular weight excluding hydrogens is 380 g/mol. The molecule has 160 valence electrons. The van der Waals surface area contributed by atoms with Crippen LogP contribution >= 0.6 is 0 Å². The normalized spacial score (nSPS) is 18.9. The highest BCUT2D eigenvalue weighted by Gasteiger charge is 2.25. The van der Waals surface area contributed by atoms with Crippen molar-refractivity contribution in [1.29, 1.82) is 0 Å². The Kier molecular flexibility index (Phi) is 6.53. The molecule has 0 N–H and O–H groups in total. The van der Waals surface area contributed by atoms with Gasteiger partial charge in [0.1, 0.15) is 17.7 Å². The first kappa shape index (κ1) is 20.7. The fourth-order valence-electron chi connectivity index (χ4n) is 3.87. The van der Waals surface area contributed by atoms with E-state index in [1.165, 1.54) is 25.7 Å². The number of rotatable bonds is 9. The van der Waals surface area contributed by atoms with Crippen molar-refractivity contribution in [2.75, 3.05) is 6.61 Å². The first-order chi connectivity index (χ1) is 14.6. The lowest BCUT2D eigenvalue weighted by Gasteiger charge is -2.13. The van der Waals surface area contributed by atoms with Crippen LogP contribution in [0, 0.1) is 0 Å². The van der Waals surface area contributed by atoms with Gasteiger partial charge < -0.3 is 13.9 Å². The maximum Gasteiger partial charge on any atom is 0.353 e. The van der Waals surface area contributed by atoms with E-state index in [0.29, 0.717) is 11.5 Å². The van der Waals surface area contributed by atoms with Gasteiger partial charge in [0, 0.05) is 11.8 Å². The summed E-state index contributed by atoms with van der Waals surface area (Å²) in [6, 6.07) is 9.76. The summed E-state index contributed by atoms with van der Waals surface area (Å²) in [5.41, 5.74) is 0.933. The Labute approximate surface area is 176 Å². The number of unbranched alkanes of at least 4 members (excludes halogenated alkanes) is 4. The maximum absolute atomic E-state index is 12.4. The molecule has 2 atom stereocenters. The molecule has 0 spiro atoms. The standard InChI is InChI=1S/C24H30N2O4/c1-3-4-5-6-7-14-28-20-11-9-18(10-12-20)21-15-19-16-26(22-13-8-17(2)29-22)24(27)25-23(19)30-21/h9-12,15-17,22H,3-8,13-14H2,1-2H3/t17?,22-/m1/s1. The van der Waals surface area contributed by atoms with Crippen molar-refractivity contribution in [1.82, 2.24) is 9.55 Å². The first-order valence-electron chi connectivity index (χ1n) is 11.1. The van der Waals surface area contributed by atoms with E-state index < -0.39 is 0 Å². The molecule has 3 heterocycles. The zero-order valence-electron chi connectivity index (χ0n) is 17.8. The maximum atomic E-state index is 12.4. The summed E-state index contributed by atoms with van der Waals surface area (Å²) in [5, 5.41) is 0.792. The lowest BCUT2D eigenvalue weighted by atomic mass is 10.1. The Morgan fingerprint density at radius 3 is 2.67 bits per heavy atom. The predicted molar refractivity (Wildman–Crippen MR) is 117 cm³/mol. The minimum Gasteiger partial charge on any atom is -0.494 e. The molecule has 0 saturated carbocycles. The quantitative estimate of drug-likeness (QED) is 0.423. The third-order valence-electron chi connectivity index (χ3n) is 5.61. The number of hydrogen-bond acceptors (Lipinski definition) is 5. The number of nitrogens with zero attached hydrogens (tertiary/aromatic N) is 2. The van der Waals surface area contributed by atoms with E-state index >= 15 is 0 Å². The van der Waals surface area contributed by atoms with Crippen LogP contribution in [0.15, 0.2) is 45.7 Å². The van der Waals surface area contributed by atoms with Gasteiger partial charge in [-0.05, 0) is 56.5 Å². The minimum absolute atomic E-state index is 0.162. The van der Waals surface area contributed by atoms with Gasteiger partial charge in [0.15, 0.2) is 0 Å². The van der Waals surface area contributed by atoms with Gasteiger partial charge in [0.05, 0.1) is 18.1 Å². The van der Waals surface area contributed by atoms with Gasteiger partial charge in [-0.3, -0.25) is 4.57 Å². The van der Waals surface area contributed by atoms with Crippen molar-refractivity contribution in [3.8, 4) is 17.1 Å². The molecule has 30 heavy (non-hydrogen) atoms. The molecular formula is C24H30N2O4. The largest absolute Gasteiger partial charge is 0.494 e. The van der Waals surface area contributed by atoms with Gasteiger partial charge in [-0.1, -0.05) is 32.6 Å². The summed E-state index contributed by atoms with van der Waals surface area (Å²) in [4.78, 5) is 16.5. The summed E-state index contributed by atoms with van der Waals surface area (Å²) in [6.45, 7) is 4.98. The predicted octanol–water partition coefficient (Wildman–Crippen LogP) is 5.70. The number of furan rings is 1. The summed E-state index contributed by atoms with van der Waals surface area (Å²) >= 11 is 0. The Hall–Kier alpha value is -2.60. The highest BCUT2D eigenvalue weighted by molar-refractivity contribution is 5.79. The summed E-state index contributed by atoms with van der Waals surface area (Å²) in [5.74, 6) is 1.54. The van der Waals surface area contributed by atoms with Gasteiger partial charge in [0.25, 0.3) is 0 Å². The zero-order valence-corrected chi connectivity index (χ0v) is 17.8. The second kappa shape index (κ2) is 9.47. The molecule has 4 rings (SSSR count). The molecule has 1 aliphatic rings. The number of fused-ring (bicyclic) bond motifs is 1. The lowest BCUT2D eigenvalue weighted by Crippen LogP contribution is -2.26. The van der Waals surface area contributed by atoms with Gasteiger partial charge >= 0.3 is 5.69 Å². The van der Waals surface area contributed by atoms with Crippen molar-refractivity contribution in [2.24, 2.45) is 0 Å². The van der Waals surface area contributed by atoms with Crippen molar-refractivity contribution in [2.45, 2.75) is 71.1 Å². The average molecular weight is 411 g/mol. The Morgan fingerprint density at radius 1 is 1.13 bits per heavy atom. The van der Waals surface area contributed by atoms with Crippen LogP contribution in [0.4, 0.5) is 0 Å². The van der Waals surface area contributed by atoms with Gasteiger partial charge in [0.2, 0.25) is 5.71 Å². The number of benzene rings is 1. The van der Waals surface area contributed by atoms with E-state index in [2.05, 4.69) is 11.9 Å². The third kappa shape index (κ3) is 4.75. The lowest BCUT2D eigenvalue weighted by molar-refractivity contribution is 0.00828. The van der Waals surface area contributed by atoms with E-state index in [1.807, 2.05) is 37.3 Å². The van der Waals surface area contributed by atoms with Crippen LogP contribution < -0.4 is 10.4 Å². The molecule has 0 bridgehead atoms. The van der Waals surface area contributed by atoms with Gasteiger partial charge in [-0.2, -0.15) is 4.98 Å². The number of aromatic nitrogens is 2. The van der Waals surface area contributed by atoms with Crippen LogP contribution in [0.1, 0.15) is 65.0 Å².